The van der Waals surface area contributed by atoms with E-state index in [1.165, 1.54) is 13.1 Å². The Kier molecular flexibility index (Phi) is 4.20. The molecule has 0 aliphatic carbocycles. The summed E-state index contributed by atoms with van der Waals surface area (Å²) < 4.78 is 6.61. The molecule has 0 aliphatic rings. The van der Waals surface area contributed by atoms with Crippen LogP contribution in [0.3, 0.4) is 0 Å². The van der Waals surface area contributed by atoms with E-state index < -0.39 is 10.8 Å². The summed E-state index contributed by atoms with van der Waals surface area (Å²) in [5.41, 5.74) is 0.525. The molecule has 0 saturated carbocycles. The summed E-state index contributed by atoms with van der Waals surface area (Å²) in [6, 6.07) is 8.65. The number of aryl methyl sites for hydroxylation is 1. The minimum atomic E-state index is -0.803. The van der Waals surface area contributed by atoms with Gasteiger partial charge in [-0.3, -0.25) is 9.59 Å². The highest BCUT2D eigenvalue weighted by Gasteiger charge is 2.15. The molecule has 0 fully saturated rings. The van der Waals surface area contributed by atoms with Crippen molar-refractivity contribution in [3.8, 4) is 17.0 Å². The number of aromatic nitrogens is 2. The predicted octanol–water partition coefficient (Wildman–Crippen LogP) is 2.22. The van der Waals surface area contributed by atoms with Crippen LogP contribution in [0, 0.1) is 0 Å². The van der Waals surface area contributed by atoms with E-state index in [0.717, 1.165) is 4.68 Å². The zero-order valence-corrected chi connectivity index (χ0v) is 11.8. The minimum absolute atomic E-state index is 0.106. The molecule has 104 valence electrons. The first-order chi connectivity index (χ1) is 9.54. The summed E-state index contributed by atoms with van der Waals surface area (Å²) in [5.74, 6) is 0.633. The van der Waals surface area contributed by atoms with Crippen molar-refractivity contribution in [1.82, 2.24) is 9.78 Å². The summed E-state index contributed by atoms with van der Waals surface area (Å²) in [7, 11) is 1.47. The summed E-state index contributed by atoms with van der Waals surface area (Å²) in [5, 5.41) is 3.34. The zero-order chi connectivity index (χ0) is 14.7. The van der Waals surface area contributed by atoms with Gasteiger partial charge in [-0.1, -0.05) is 12.1 Å². The smallest absolute Gasteiger partial charge is 0.278 e. The molecule has 0 N–H and O–H groups in total. The highest BCUT2D eigenvalue weighted by Crippen LogP contribution is 2.28. The van der Waals surface area contributed by atoms with Gasteiger partial charge in [0, 0.05) is 12.6 Å². The van der Waals surface area contributed by atoms with Gasteiger partial charge in [0.25, 0.3) is 10.8 Å². The van der Waals surface area contributed by atoms with Crippen LogP contribution in [0.15, 0.2) is 35.1 Å². The van der Waals surface area contributed by atoms with E-state index in [4.69, 9.17) is 16.3 Å². The standard InChI is InChI=1S/C14H13ClN2O3/c1-3-20-12-7-5-4-6-9(12)11-8-10(13(15)18)14(19)17(2)16-11/h4-8H,3H2,1-2H3. The van der Waals surface area contributed by atoms with E-state index in [2.05, 4.69) is 5.10 Å². The summed E-state index contributed by atoms with van der Waals surface area (Å²) in [4.78, 5) is 23.1. The first-order valence-electron chi connectivity index (χ1n) is 6.05. The molecule has 2 rings (SSSR count). The molecule has 0 amide bonds. The van der Waals surface area contributed by atoms with E-state index in [-0.39, 0.29) is 5.56 Å². The van der Waals surface area contributed by atoms with Gasteiger partial charge in [0.2, 0.25) is 0 Å². The second kappa shape index (κ2) is 5.88. The topological polar surface area (TPSA) is 61.2 Å². The van der Waals surface area contributed by atoms with Crippen LogP contribution in [0.5, 0.6) is 5.75 Å². The van der Waals surface area contributed by atoms with E-state index in [0.29, 0.717) is 23.6 Å². The fraction of sp³-hybridized carbons (Fsp3) is 0.214. The lowest BCUT2D eigenvalue weighted by Gasteiger charge is -2.10. The van der Waals surface area contributed by atoms with Crippen molar-refractivity contribution < 1.29 is 9.53 Å². The number of nitrogens with zero attached hydrogens (tertiary/aromatic N) is 2. The van der Waals surface area contributed by atoms with Gasteiger partial charge in [-0.15, -0.1) is 0 Å². The van der Waals surface area contributed by atoms with Crippen molar-refractivity contribution in [3.63, 3.8) is 0 Å². The van der Waals surface area contributed by atoms with Crippen molar-refractivity contribution in [2.75, 3.05) is 6.61 Å². The number of benzene rings is 1. The Morgan fingerprint density at radius 3 is 2.75 bits per heavy atom. The Bertz CT molecular complexity index is 710. The van der Waals surface area contributed by atoms with Gasteiger partial charge in [-0.2, -0.15) is 5.10 Å². The lowest BCUT2D eigenvalue weighted by Crippen LogP contribution is -2.25. The molecule has 5 nitrogen and oxygen atoms in total. The van der Waals surface area contributed by atoms with Gasteiger partial charge >= 0.3 is 0 Å². The molecule has 0 bridgehead atoms. The van der Waals surface area contributed by atoms with E-state index in [1.807, 2.05) is 19.1 Å². The van der Waals surface area contributed by atoms with E-state index in [1.54, 1.807) is 12.1 Å². The molecule has 6 heteroatoms. The van der Waals surface area contributed by atoms with Gasteiger partial charge < -0.3 is 4.74 Å². The number of halogens is 1. The number of ether oxygens (including phenoxy) is 1. The molecule has 1 aromatic carbocycles. The lowest BCUT2D eigenvalue weighted by molar-refractivity contribution is 0.107. The number of hydrogen-bond acceptors (Lipinski definition) is 4. The van der Waals surface area contributed by atoms with Crippen LogP contribution < -0.4 is 10.3 Å². The fourth-order valence-electron chi connectivity index (χ4n) is 1.84. The molecule has 0 radical (unpaired) electrons. The number of para-hydroxylation sites is 1. The van der Waals surface area contributed by atoms with Gasteiger partial charge in [0.15, 0.2) is 0 Å². The average Bonchev–Trinajstić information content (AvgIpc) is 2.42. The summed E-state index contributed by atoms with van der Waals surface area (Å²) in [6.07, 6.45) is 0. The van der Waals surface area contributed by atoms with Crippen LogP contribution in [0.2, 0.25) is 0 Å². The molecule has 0 aliphatic heterocycles. The maximum Gasteiger partial charge on any atom is 0.278 e. The third-order valence-corrected chi connectivity index (χ3v) is 2.94. The molecule has 0 spiro atoms. The number of rotatable bonds is 4. The maximum atomic E-state index is 11.8. The van der Waals surface area contributed by atoms with E-state index in [9.17, 15) is 9.59 Å². The van der Waals surface area contributed by atoms with Crippen LogP contribution in [-0.4, -0.2) is 21.6 Å². The SMILES string of the molecule is CCOc1ccccc1-c1cc(C(=O)Cl)c(=O)n(C)n1. The first-order valence-corrected chi connectivity index (χ1v) is 6.42. The van der Waals surface area contributed by atoms with Crippen LogP contribution in [0.1, 0.15) is 17.3 Å². The minimum Gasteiger partial charge on any atom is -0.493 e. The maximum absolute atomic E-state index is 11.8. The second-order valence-electron chi connectivity index (χ2n) is 4.07. The molecule has 0 unspecified atom stereocenters. The molecular weight excluding hydrogens is 280 g/mol. The molecule has 20 heavy (non-hydrogen) atoms. The quantitative estimate of drug-likeness (QED) is 0.811. The van der Waals surface area contributed by atoms with Crippen molar-refractivity contribution in [3.05, 3.63) is 46.2 Å². The Labute approximate surface area is 120 Å². The summed E-state index contributed by atoms with van der Waals surface area (Å²) >= 11 is 5.43. The first kappa shape index (κ1) is 14.3. The van der Waals surface area contributed by atoms with E-state index >= 15 is 0 Å². The second-order valence-corrected chi connectivity index (χ2v) is 4.42. The van der Waals surface area contributed by atoms with Gasteiger partial charge in [-0.05, 0) is 36.7 Å². The monoisotopic (exact) mass is 292 g/mol. The lowest BCUT2D eigenvalue weighted by atomic mass is 10.1. The van der Waals surface area contributed by atoms with Gasteiger partial charge in [0.05, 0.1) is 12.3 Å². The van der Waals surface area contributed by atoms with Crippen LogP contribution in [0.25, 0.3) is 11.3 Å². The van der Waals surface area contributed by atoms with Gasteiger partial charge in [0.1, 0.15) is 11.3 Å². The van der Waals surface area contributed by atoms with Crippen molar-refractivity contribution in [1.29, 1.82) is 0 Å². The third-order valence-electron chi connectivity index (χ3n) is 2.74. The van der Waals surface area contributed by atoms with Crippen LogP contribution in [0.4, 0.5) is 0 Å². The number of carbonyl (C=O) groups is 1. The number of hydrogen-bond donors (Lipinski definition) is 0. The number of carbonyl (C=O) groups excluding carboxylic acids is 1. The van der Waals surface area contributed by atoms with Crippen LogP contribution in [-0.2, 0) is 7.05 Å². The normalized spacial score (nSPS) is 10.3. The Morgan fingerprint density at radius 1 is 1.40 bits per heavy atom. The van der Waals surface area contributed by atoms with Crippen molar-refractivity contribution in [2.24, 2.45) is 7.05 Å². The zero-order valence-electron chi connectivity index (χ0n) is 11.1. The highest BCUT2D eigenvalue weighted by molar-refractivity contribution is 6.67. The Balaban J connectivity index is 2.65. The highest BCUT2D eigenvalue weighted by atomic mass is 35.5. The molecule has 1 heterocycles. The molecule has 0 atom stereocenters. The molecule has 0 saturated heterocycles. The molecule has 2 aromatic rings. The Morgan fingerprint density at radius 2 is 2.10 bits per heavy atom. The summed E-state index contributed by atoms with van der Waals surface area (Å²) in [6.45, 7) is 2.38. The predicted molar refractivity (Wildman–Crippen MR) is 76.3 cm³/mol. The van der Waals surface area contributed by atoms with Crippen molar-refractivity contribution in [2.45, 2.75) is 6.92 Å². The van der Waals surface area contributed by atoms with Crippen molar-refractivity contribution >= 4 is 16.8 Å². The third kappa shape index (κ3) is 2.72. The Hall–Kier alpha value is -2.14. The van der Waals surface area contributed by atoms with Crippen LogP contribution >= 0.6 is 11.6 Å². The molecular formula is C14H13ClN2O3. The fourth-order valence-corrected chi connectivity index (χ4v) is 1.98. The molecule has 1 aromatic heterocycles. The van der Waals surface area contributed by atoms with Gasteiger partial charge in [-0.25, -0.2) is 4.68 Å². The average molecular weight is 293 g/mol. The largest absolute Gasteiger partial charge is 0.493 e.